The third-order valence-corrected chi connectivity index (χ3v) is 5.47. The molecule has 6 heteroatoms. The summed E-state index contributed by atoms with van der Waals surface area (Å²) in [5.41, 5.74) is 2.20. The van der Waals surface area contributed by atoms with Gasteiger partial charge >= 0.3 is 12.1 Å². The summed E-state index contributed by atoms with van der Waals surface area (Å²) in [5.74, 6) is 0. The fraction of sp³-hybridized carbons (Fsp3) is 0.462. The van der Waals surface area contributed by atoms with Crippen molar-refractivity contribution in [3.05, 3.63) is 71.8 Å². The zero-order chi connectivity index (χ0) is 23.0. The van der Waals surface area contributed by atoms with Crippen LogP contribution in [0.2, 0.25) is 0 Å². The number of hydrogen-bond donors (Lipinski definition) is 4. The number of benzene rings is 2. The molecule has 4 amide bonds. The fourth-order valence-electron chi connectivity index (χ4n) is 3.51. The van der Waals surface area contributed by atoms with E-state index in [1.165, 1.54) is 0 Å². The van der Waals surface area contributed by atoms with Crippen molar-refractivity contribution in [3.8, 4) is 0 Å². The van der Waals surface area contributed by atoms with Crippen LogP contribution in [0.5, 0.6) is 0 Å². The largest absolute Gasteiger partial charge is 0.338 e. The first kappa shape index (κ1) is 25.2. The molecule has 0 spiro atoms. The average molecular weight is 439 g/mol. The Labute approximate surface area is 192 Å². The van der Waals surface area contributed by atoms with Crippen molar-refractivity contribution in [1.82, 2.24) is 21.3 Å². The SMILES string of the molecule is C[C@H](NC(=O)NCCCCCCCCNC(=O)N[C@@H](C)c1ccccc1)c1ccccc1. The Kier molecular flexibility index (Phi) is 11.7. The van der Waals surface area contributed by atoms with Crippen LogP contribution in [0.3, 0.4) is 0 Å². The van der Waals surface area contributed by atoms with Gasteiger partial charge in [0.25, 0.3) is 0 Å². The molecule has 4 N–H and O–H groups in total. The summed E-state index contributed by atoms with van der Waals surface area (Å²) in [6.45, 7) is 5.35. The van der Waals surface area contributed by atoms with E-state index in [2.05, 4.69) is 21.3 Å². The fourth-order valence-corrected chi connectivity index (χ4v) is 3.51. The van der Waals surface area contributed by atoms with Gasteiger partial charge in [0, 0.05) is 13.1 Å². The van der Waals surface area contributed by atoms with Crippen molar-refractivity contribution in [2.45, 2.75) is 64.5 Å². The van der Waals surface area contributed by atoms with Crippen LogP contribution in [0.15, 0.2) is 60.7 Å². The first-order valence-electron chi connectivity index (χ1n) is 11.7. The van der Waals surface area contributed by atoms with Crippen LogP contribution in [-0.2, 0) is 0 Å². The van der Waals surface area contributed by atoms with E-state index in [-0.39, 0.29) is 24.1 Å². The van der Waals surface area contributed by atoms with Crippen molar-refractivity contribution >= 4 is 12.1 Å². The van der Waals surface area contributed by atoms with Crippen LogP contribution >= 0.6 is 0 Å². The Morgan fingerprint density at radius 1 is 0.594 bits per heavy atom. The summed E-state index contributed by atoms with van der Waals surface area (Å²) in [5, 5.41) is 11.8. The minimum atomic E-state index is -0.118. The lowest BCUT2D eigenvalue weighted by atomic mass is 10.1. The van der Waals surface area contributed by atoms with Gasteiger partial charge in [-0.2, -0.15) is 0 Å². The quantitative estimate of drug-likeness (QED) is 0.314. The predicted molar refractivity (Wildman–Crippen MR) is 130 cm³/mol. The minimum Gasteiger partial charge on any atom is -0.338 e. The molecule has 2 aromatic rings. The number of amides is 4. The van der Waals surface area contributed by atoms with Crippen LogP contribution in [0.25, 0.3) is 0 Å². The number of rotatable bonds is 13. The third-order valence-electron chi connectivity index (χ3n) is 5.47. The molecule has 0 aromatic heterocycles. The number of hydrogen-bond acceptors (Lipinski definition) is 2. The summed E-state index contributed by atoms with van der Waals surface area (Å²) < 4.78 is 0. The number of unbranched alkanes of at least 4 members (excludes halogenated alkanes) is 5. The lowest BCUT2D eigenvalue weighted by Gasteiger charge is -2.15. The van der Waals surface area contributed by atoms with Crippen molar-refractivity contribution in [2.75, 3.05) is 13.1 Å². The highest BCUT2D eigenvalue weighted by atomic mass is 16.2. The van der Waals surface area contributed by atoms with Gasteiger partial charge in [-0.3, -0.25) is 0 Å². The van der Waals surface area contributed by atoms with E-state index in [0.717, 1.165) is 49.7 Å². The second-order valence-corrected chi connectivity index (χ2v) is 8.19. The summed E-state index contributed by atoms with van der Waals surface area (Å²) >= 11 is 0. The predicted octanol–water partition coefficient (Wildman–Crippen LogP) is 5.45. The van der Waals surface area contributed by atoms with Crippen LogP contribution in [-0.4, -0.2) is 25.2 Å². The van der Waals surface area contributed by atoms with E-state index < -0.39 is 0 Å². The van der Waals surface area contributed by atoms with Gasteiger partial charge in [-0.05, 0) is 37.8 Å². The van der Waals surface area contributed by atoms with E-state index in [1.54, 1.807) is 0 Å². The van der Waals surface area contributed by atoms with Gasteiger partial charge in [0.15, 0.2) is 0 Å². The lowest BCUT2D eigenvalue weighted by molar-refractivity contribution is 0.236. The molecule has 0 unspecified atom stereocenters. The van der Waals surface area contributed by atoms with Crippen molar-refractivity contribution < 1.29 is 9.59 Å². The van der Waals surface area contributed by atoms with Crippen LogP contribution in [0, 0.1) is 0 Å². The first-order chi connectivity index (χ1) is 15.6. The summed E-state index contributed by atoms with van der Waals surface area (Å²) in [7, 11) is 0. The Morgan fingerprint density at radius 2 is 0.938 bits per heavy atom. The molecular weight excluding hydrogens is 400 g/mol. The summed E-state index contributed by atoms with van der Waals surface area (Å²) in [6, 6.07) is 19.6. The number of carbonyl (C=O) groups excluding carboxylic acids is 2. The molecular formula is C26H38N4O2. The highest BCUT2D eigenvalue weighted by Gasteiger charge is 2.09. The Hall–Kier alpha value is -3.02. The van der Waals surface area contributed by atoms with Gasteiger partial charge in [0.05, 0.1) is 12.1 Å². The molecule has 2 atom stereocenters. The first-order valence-corrected chi connectivity index (χ1v) is 11.7. The topological polar surface area (TPSA) is 82.3 Å². The molecule has 32 heavy (non-hydrogen) atoms. The van der Waals surface area contributed by atoms with Crippen molar-refractivity contribution in [2.24, 2.45) is 0 Å². The minimum absolute atomic E-state index is 0.00607. The average Bonchev–Trinajstić information content (AvgIpc) is 2.81. The van der Waals surface area contributed by atoms with Gasteiger partial charge < -0.3 is 21.3 Å². The molecule has 0 radical (unpaired) electrons. The second kappa shape index (κ2) is 14.9. The normalized spacial score (nSPS) is 12.4. The molecule has 0 fully saturated rings. The maximum absolute atomic E-state index is 12.0. The molecule has 0 aliphatic heterocycles. The van der Waals surface area contributed by atoms with Gasteiger partial charge in [-0.15, -0.1) is 0 Å². The standard InChI is InChI=1S/C26H38N4O2/c1-21(23-15-9-7-10-16-23)29-25(31)27-19-13-5-3-4-6-14-20-28-26(32)30-22(2)24-17-11-8-12-18-24/h7-12,15-18,21-22H,3-6,13-14,19-20H2,1-2H3,(H2,27,29,31)(H2,28,30,32)/t21-,22-/m0/s1. The van der Waals surface area contributed by atoms with E-state index in [4.69, 9.17) is 0 Å². The van der Waals surface area contributed by atoms with Gasteiger partial charge in [-0.1, -0.05) is 86.3 Å². The van der Waals surface area contributed by atoms with Gasteiger partial charge in [0.2, 0.25) is 0 Å². The highest BCUT2D eigenvalue weighted by molar-refractivity contribution is 5.74. The van der Waals surface area contributed by atoms with E-state index in [9.17, 15) is 9.59 Å². The molecule has 2 aromatic carbocycles. The number of urea groups is 2. The molecule has 0 saturated heterocycles. The molecule has 174 valence electrons. The Morgan fingerprint density at radius 3 is 1.31 bits per heavy atom. The molecule has 6 nitrogen and oxygen atoms in total. The van der Waals surface area contributed by atoms with Crippen LogP contribution < -0.4 is 21.3 Å². The zero-order valence-electron chi connectivity index (χ0n) is 19.4. The zero-order valence-corrected chi connectivity index (χ0v) is 19.4. The number of nitrogens with one attached hydrogen (secondary N) is 4. The Balaban J connectivity index is 1.40. The molecule has 0 saturated carbocycles. The molecule has 0 heterocycles. The molecule has 2 rings (SSSR count). The lowest BCUT2D eigenvalue weighted by Crippen LogP contribution is -2.37. The van der Waals surface area contributed by atoms with Crippen LogP contribution in [0.4, 0.5) is 9.59 Å². The summed E-state index contributed by atoms with van der Waals surface area (Å²) in [4.78, 5) is 23.9. The van der Waals surface area contributed by atoms with E-state index in [1.807, 2.05) is 74.5 Å². The van der Waals surface area contributed by atoms with Crippen molar-refractivity contribution in [3.63, 3.8) is 0 Å². The van der Waals surface area contributed by atoms with Gasteiger partial charge in [0.1, 0.15) is 0 Å². The Bertz CT molecular complexity index is 715. The summed E-state index contributed by atoms with van der Waals surface area (Å²) in [6.07, 6.45) is 6.42. The molecule has 0 aliphatic carbocycles. The van der Waals surface area contributed by atoms with E-state index in [0.29, 0.717) is 13.1 Å². The third kappa shape index (κ3) is 10.3. The smallest absolute Gasteiger partial charge is 0.315 e. The number of carbonyl (C=O) groups is 2. The molecule has 0 aliphatic rings. The molecule has 0 bridgehead atoms. The monoisotopic (exact) mass is 438 g/mol. The maximum Gasteiger partial charge on any atom is 0.315 e. The second-order valence-electron chi connectivity index (χ2n) is 8.19. The van der Waals surface area contributed by atoms with Crippen LogP contribution in [0.1, 0.15) is 75.6 Å². The highest BCUT2D eigenvalue weighted by Crippen LogP contribution is 2.11. The van der Waals surface area contributed by atoms with E-state index >= 15 is 0 Å². The van der Waals surface area contributed by atoms with Crippen molar-refractivity contribution in [1.29, 1.82) is 0 Å². The maximum atomic E-state index is 12.0. The van der Waals surface area contributed by atoms with Gasteiger partial charge in [-0.25, -0.2) is 9.59 Å².